The maximum atomic E-state index is 12.4. The summed E-state index contributed by atoms with van der Waals surface area (Å²) >= 11 is 6.78. The van der Waals surface area contributed by atoms with Crippen LogP contribution in [0.15, 0.2) is 35.4 Å². The molecule has 2 amide bonds. The van der Waals surface area contributed by atoms with Crippen molar-refractivity contribution in [1.29, 1.82) is 0 Å². The van der Waals surface area contributed by atoms with Crippen LogP contribution in [0.2, 0.25) is 5.02 Å². The number of hydrogen-bond acceptors (Lipinski definition) is 6. The van der Waals surface area contributed by atoms with Gasteiger partial charge in [-0.25, -0.2) is 4.98 Å². The van der Waals surface area contributed by atoms with E-state index < -0.39 is 17.4 Å². The maximum Gasteiger partial charge on any atom is 0.273 e. The van der Waals surface area contributed by atoms with Crippen molar-refractivity contribution in [3.63, 3.8) is 0 Å². The normalized spacial score (nSPS) is 10.7. The highest BCUT2D eigenvalue weighted by atomic mass is 35.5. The number of benzene rings is 1. The van der Waals surface area contributed by atoms with Gasteiger partial charge >= 0.3 is 0 Å². The van der Waals surface area contributed by atoms with Gasteiger partial charge in [-0.1, -0.05) is 23.7 Å². The summed E-state index contributed by atoms with van der Waals surface area (Å²) in [7, 11) is 0. The number of nitrogens with zero attached hydrogens (tertiary/aromatic N) is 3. The molecule has 24 heavy (non-hydrogen) atoms. The lowest BCUT2D eigenvalue weighted by molar-refractivity contribution is -0.116. The Kier molecular flexibility index (Phi) is 4.28. The lowest BCUT2D eigenvalue weighted by Gasteiger charge is -2.08. The van der Waals surface area contributed by atoms with Crippen LogP contribution in [0.1, 0.15) is 10.5 Å². The van der Waals surface area contributed by atoms with E-state index >= 15 is 0 Å². The van der Waals surface area contributed by atoms with Crippen molar-refractivity contribution in [2.75, 3.05) is 5.32 Å². The van der Waals surface area contributed by atoms with E-state index in [1.165, 1.54) is 6.33 Å². The van der Waals surface area contributed by atoms with E-state index in [4.69, 9.17) is 17.3 Å². The van der Waals surface area contributed by atoms with E-state index in [9.17, 15) is 14.4 Å². The Labute approximate surface area is 144 Å². The Balaban J connectivity index is 1.87. The standard InChI is InChI=1S/C14H10ClN5O3S/c15-7-3-1-2-4-8(7)18-9(21)5-20-6-17-10-11(13(16)22)19-24-12(10)14(20)23/h1-4,6H,5H2,(H2,16,22)(H,18,21). The van der Waals surface area contributed by atoms with Crippen LogP contribution in [-0.4, -0.2) is 25.7 Å². The number of aromatic nitrogens is 3. The maximum absolute atomic E-state index is 12.4. The van der Waals surface area contributed by atoms with Crippen molar-refractivity contribution < 1.29 is 9.59 Å². The third-order valence-electron chi connectivity index (χ3n) is 3.14. The monoisotopic (exact) mass is 363 g/mol. The second-order valence-corrected chi connectivity index (χ2v) is 5.96. The van der Waals surface area contributed by atoms with Crippen molar-refractivity contribution in [3.05, 3.63) is 51.7 Å². The molecule has 0 aliphatic rings. The number of amides is 2. The highest BCUT2D eigenvalue weighted by Gasteiger charge is 2.17. The van der Waals surface area contributed by atoms with Gasteiger partial charge in [0.25, 0.3) is 11.5 Å². The van der Waals surface area contributed by atoms with Gasteiger partial charge in [0.2, 0.25) is 5.91 Å². The summed E-state index contributed by atoms with van der Waals surface area (Å²) in [6.45, 7) is -0.253. The molecule has 0 atom stereocenters. The third kappa shape index (κ3) is 2.99. The topological polar surface area (TPSA) is 120 Å². The highest BCUT2D eigenvalue weighted by molar-refractivity contribution is 7.13. The number of nitrogens with one attached hydrogen (secondary N) is 1. The van der Waals surface area contributed by atoms with Gasteiger partial charge in [0.05, 0.1) is 17.0 Å². The summed E-state index contributed by atoms with van der Waals surface area (Å²) in [6.07, 6.45) is 1.18. The second kappa shape index (κ2) is 6.38. The molecule has 3 aromatic rings. The third-order valence-corrected chi connectivity index (χ3v) is 4.30. The Morgan fingerprint density at radius 3 is 2.79 bits per heavy atom. The number of nitrogens with two attached hydrogens (primary N) is 1. The molecule has 0 bridgehead atoms. The smallest absolute Gasteiger partial charge is 0.273 e. The average molecular weight is 364 g/mol. The molecule has 122 valence electrons. The molecule has 3 rings (SSSR count). The SMILES string of the molecule is NC(=O)c1nsc2c(=O)n(CC(=O)Nc3ccccc3Cl)cnc12. The zero-order valence-corrected chi connectivity index (χ0v) is 13.6. The van der Waals surface area contributed by atoms with Crippen LogP contribution >= 0.6 is 23.1 Å². The van der Waals surface area contributed by atoms with E-state index in [1.807, 2.05) is 0 Å². The summed E-state index contributed by atoms with van der Waals surface area (Å²) in [5, 5.41) is 3.00. The fraction of sp³-hybridized carbons (Fsp3) is 0.0714. The van der Waals surface area contributed by atoms with Gasteiger partial charge in [0, 0.05) is 0 Å². The minimum atomic E-state index is -0.762. The number of hydrogen-bond donors (Lipinski definition) is 2. The predicted molar refractivity (Wildman–Crippen MR) is 90.3 cm³/mol. The predicted octanol–water partition coefficient (Wildman–Crippen LogP) is 1.24. The van der Waals surface area contributed by atoms with Gasteiger partial charge in [-0.3, -0.25) is 19.0 Å². The van der Waals surface area contributed by atoms with Crippen molar-refractivity contribution in [3.8, 4) is 0 Å². The van der Waals surface area contributed by atoms with Crippen LogP contribution in [0.4, 0.5) is 5.69 Å². The zero-order chi connectivity index (χ0) is 17.3. The van der Waals surface area contributed by atoms with Crippen LogP contribution in [0.3, 0.4) is 0 Å². The molecule has 0 fully saturated rings. The molecular formula is C14H10ClN5O3S. The molecule has 2 heterocycles. The Hall–Kier alpha value is -2.78. The molecule has 3 N–H and O–H groups in total. The minimum absolute atomic E-state index is 0.0558. The number of primary amides is 1. The van der Waals surface area contributed by atoms with Crippen LogP contribution < -0.4 is 16.6 Å². The summed E-state index contributed by atoms with van der Waals surface area (Å²) in [6, 6.07) is 6.75. The van der Waals surface area contributed by atoms with Crippen molar-refractivity contribution in [1.82, 2.24) is 13.9 Å². The number of carbonyl (C=O) groups excluding carboxylic acids is 2. The first-order valence-corrected chi connectivity index (χ1v) is 7.81. The van der Waals surface area contributed by atoms with Gasteiger partial charge in [-0.05, 0) is 23.7 Å². The van der Waals surface area contributed by atoms with E-state index in [1.54, 1.807) is 24.3 Å². The van der Waals surface area contributed by atoms with Crippen LogP contribution in [-0.2, 0) is 11.3 Å². The van der Waals surface area contributed by atoms with Gasteiger partial charge in [-0.15, -0.1) is 0 Å². The molecule has 0 spiro atoms. The van der Waals surface area contributed by atoms with Crippen LogP contribution in [0.5, 0.6) is 0 Å². The lowest BCUT2D eigenvalue weighted by Crippen LogP contribution is -2.27. The zero-order valence-electron chi connectivity index (χ0n) is 12.0. The molecule has 0 radical (unpaired) electrons. The quantitative estimate of drug-likeness (QED) is 0.722. The van der Waals surface area contributed by atoms with Crippen molar-refractivity contribution in [2.24, 2.45) is 5.73 Å². The summed E-state index contributed by atoms with van der Waals surface area (Å²) in [5.41, 5.74) is 5.23. The van der Waals surface area contributed by atoms with Crippen molar-refractivity contribution >= 4 is 50.9 Å². The fourth-order valence-electron chi connectivity index (χ4n) is 2.04. The molecule has 8 nitrogen and oxygen atoms in total. The van der Waals surface area contributed by atoms with E-state index in [0.29, 0.717) is 10.7 Å². The molecule has 10 heteroatoms. The number of halogens is 1. The molecule has 0 aliphatic heterocycles. The molecular weight excluding hydrogens is 354 g/mol. The first-order chi connectivity index (χ1) is 11.5. The van der Waals surface area contributed by atoms with E-state index in [-0.39, 0.29) is 22.5 Å². The van der Waals surface area contributed by atoms with Gasteiger partial charge in [-0.2, -0.15) is 4.37 Å². The lowest BCUT2D eigenvalue weighted by atomic mass is 10.3. The summed E-state index contributed by atoms with van der Waals surface area (Å²) in [5.74, 6) is -1.20. The molecule has 0 saturated carbocycles. The van der Waals surface area contributed by atoms with Crippen LogP contribution in [0.25, 0.3) is 10.2 Å². The highest BCUT2D eigenvalue weighted by Crippen LogP contribution is 2.20. The molecule has 0 aliphatic carbocycles. The first kappa shape index (κ1) is 16.1. The van der Waals surface area contributed by atoms with Crippen LogP contribution in [0, 0.1) is 0 Å². The molecule has 0 unspecified atom stereocenters. The molecule has 1 aromatic carbocycles. The Bertz CT molecular complexity index is 1010. The molecule has 0 saturated heterocycles. The van der Waals surface area contributed by atoms with Gasteiger partial charge < -0.3 is 11.1 Å². The van der Waals surface area contributed by atoms with E-state index in [0.717, 1.165) is 16.1 Å². The van der Waals surface area contributed by atoms with Gasteiger partial charge in [0.15, 0.2) is 5.69 Å². The number of carbonyl (C=O) groups is 2. The summed E-state index contributed by atoms with van der Waals surface area (Å²) < 4.78 is 5.11. The first-order valence-electron chi connectivity index (χ1n) is 6.66. The fourth-order valence-corrected chi connectivity index (χ4v) is 3.01. The van der Waals surface area contributed by atoms with Gasteiger partial charge in [0.1, 0.15) is 16.8 Å². The molecule has 2 aromatic heterocycles. The summed E-state index contributed by atoms with van der Waals surface area (Å²) in [4.78, 5) is 39.7. The number of anilines is 1. The number of rotatable bonds is 4. The minimum Gasteiger partial charge on any atom is -0.364 e. The number of para-hydroxylation sites is 1. The van der Waals surface area contributed by atoms with Crippen molar-refractivity contribution in [2.45, 2.75) is 6.54 Å². The Morgan fingerprint density at radius 2 is 2.08 bits per heavy atom. The number of fused-ring (bicyclic) bond motifs is 1. The Morgan fingerprint density at radius 1 is 1.33 bits per heavy atom. The second-order valence-electron chi connectivity index (χ2n) is 4.78. The van der Waals surface area contributed by atoms with E-state index in [2.05, 4.69) is 14.7 Å². The largest absolute Gasteiger partial charge is 0.364 e. The average Bonchev–Trinajstić information content (AvgIpc) is 2.97.